The largest absolute Gasteiger partial charge is 0.496 e. The predicted molar refractivity (Wildman–Crippen MR) is 91.3 cm³/mol. The van der Waals surface area contributed by atoms with Gasteiger partial charge in [-0.2, -0.15) is 0 Å². The normalized spacial score (nSPS) is 12.1. The van der Waals surface area contributed by atoms with Gasteiger partial charge in [-0.15, -0.1) is 11.8 Å². The Hall–Kier alpha value is -1.45. The zero-order valence-corrected chi connectivity index (χ0v) is 13.7. The predicted octanol–water partition coefficient (Wildman–Crippen LogP) is 4.45. The molecule has 0 heterocycles. The van der Waals surface area contributed by atoms with E-state index < -0.39 is 0 Å². The molecule has 1 N–H and O–H groups in total. The molecule has 0 saturated carbocycles. The highest BCUT2D eigenvalue weighted by Gasteiger charge is 2.15. The minimum atomic E-state index is 0.289. The van der Waals surface area contributed by atoms with Crippen LogP contribution in [0.3, 0.4) is 0 Å². The van der Waals surface area contributed by atoms with Gasteiger partial charge in [0.05, 0.1) is 7.11 Å². The Morgan fingerprint density at radius 3 is 2.67 bits per heavy atom. The lowest BCUT2D eigenvalue weighted by Crippen LogP contribution is -2.23. The van der Waals surface area contributed by atoms with Crippen molar-refractivity contribution in [1.82, 2.24) is 5.32 Å². The number of aryl methyl sites for hydroxylation is 1. The van der Waals surface area contributed by atoms with Gasteiger partial charge >= 0.3 is 0 Å². The van der Waals surface area contributed by atoms with Crippen LogP contribution < -0.4 is 10.1 Å². The lowest BCUT2D eigenvalue weighted by Gasteiger charge is -2.20. The van der Waals surface area contributed by atoms with E-state index in [0.29, 0.717) is 0 Å². The number of hydrogen-bond acceptors (Lipinski definition) is 3. The fourth-order valence-corrected chi connectivity index (χ4v) is 3.44. The van der Waals surface area contributed by atoms with Crippen LogP contribution >= 0.6 is 11.8 Å². The number of ether oxygens (including phenoxy) is 1. The van der Waals surface area contributed by atoms with E-state index in [1.54, 1.807) is 7.11 Å². The minimum Gasteiger partial charge on any atom is -0.496 e. The molecular formula is C18H23NOS. The van der Waals surface area contributed by atoms with Crippen LogP contribution in [0.2, 0.25) is 0 Å². The highest BCUT2D eigenvalue weighted by atomic mass is 32.2. The first-order valence-electron chi connectivity index (χ1n) is 7.30. The van der Waals surface area contributed by atoms with Crippen molar-refractivity contribution in [3.05, 3.63) is 59.7 Å². The summed E-state index contributed by atoms with van der Waals surface area (Å²) in [5, 5.41) is 3.56. The lowest BCUT2D eigenvalue weighted by molar-refractivity contribution is 0.403. The second-order valence-electron chi connectivity index (χ2n) is 4.98. The minimum absolute atomic E-state index is 0.289. The van der Waals surface area contributed by atoms with E-state index in [2.05, 4.69) is 55.6 Å². The third-order valence-electron chi connectivity index (χ3n) is 3.37. The Morgan fingerprint density at radius 2 is 1.95 bits per heavy atom. The van der Waals surface area contributed by atoms with E-state index in [-0.39, 0.29) is 6.04 Å². The van der Waals surface area contributed by atoms with E-state index in [1.807, 2.05) is 23.9 Å². The molecule has 0 aliphatic heterocycles. The molecule has 0 aromatic heterocycles. The Kier molecular flexibility index (Phi) is 6.15. The highest BCUT2D eigenvalue weighted by molar-refractivity contribution is 7.99. The summed E-state index contributed by atoms with van der Waals surface area (Å²) >= 11 is 1.88. The van der Waals surface area contributed by atoms with Crippen LogP contribution in [0.25, 0.3) is 0 Å². The summed E-state index contributed by atoms with van der Waals surface area (Å²) in [5.74, 6) is 1.94. The molecule has 1 atom stereocenters. The quantitative estimate of drug-likeness (QED) is 0.764. The van der Waals surface area contributed by atoms with Crippen molar-refractivity contribution in [3.63, 3.8) is 0 Å². The topological polar surface area (TPSA) is 21.3 Å². The van der Waals surface area contributed by atoms with Crippen molar-refractivity contribution in [2.24, 2.45) is 0 Å². The van der Waals surface area contributed by atoms with Gasteiger partial charge in [0.15, 0.2) is 0 Å². The molecule has 21 heavy (non-hydrogen) atoms. The standard InChI is InChI=1S/C18H23NOS/c1-4-19-17(16-10-5-6-11-18(16)20-3)13-21-15-9-7-8-14(2)12-15/h5-12,17,19H,4,13H2,1-3H3. The van der Waals surface area contributed by atoms with Gasteiger partial charge in [-0.05, 0) is 31.7 Å². The van der Waals surface area contributed by atoms with Crippen LogP contribution in [-0.2, 0) is 0 Å². The van der Waals surface area contributed by atoms with Gasteiger partial charge < -0.3 is 10.1 Å². The van der Waals surface area contributed by atoms with Crippen LogP contribution in [0.15, 0.2) is 53.4 Å². The maximum atomic E-state index is 5.49. The van der Waals surface area contributed by atoms with Crippen molar-refractivity contribution in [2.75, 3.05) is 19.4 Å². The summed E-state index contributed by atoms with van der Waals surface area (Å²) in [6.07, 6.45) is 0. The van der Waals surface area contributed by atoms with E-state index in [9.17, 15) is 0 Å². The maximum Gasteiger partial charge on any atom is 0.123 e. The number of benzene rings is 2. The number of methoxy groups -OCH3 is 1. The molecular weight excluding hydrogens is 278 g/mol. The molecule has 2 aromatic carbocycles. The van der Waals surface area contributed by atoms with Gasteiger partial charge in [-0.25, -0.2) is 0 Å². The van der Waals surface area contributed by atoms with Crippen LogP contribution in [0, 0.1) is 6.92 Å². The number of rotatable bonds is 7. The fraction of sp³-hybridized carbons (Fsp3) is 0.333. The van der Waals surface area contributed by atoms with Gasteiger partial charge in [0.2, 0.25) is 0 Å². The Balaban J connectivity index is 2.12. The molecule has 0 bridgehead atoms. The summed E-state index contributed by atoms with van der Waals surface area (Å²) in [5.41, 5.74) is 2.53. The average Bonchev–Trinajstić information content (AvgIpc) is 2.51. The summed E-state index contributed by atoms with van der Waals surface area (Å²) in [6.45, 7) is 5.21. The zero-order chi connectivity index (χ0) is 15.1. The van der Waals surface area contributed by atoms with Crippen molar-refractivity contribution < 1.29 is 4.74 Å². The smallest absolute Gasteiger partial charge is 0.123 e. The monoisotopic (exact) mass is 301 g/mol. The van der Waals surface area contributed by atoms with Gasteiger partial charge in [0.1, 0.15) is 5.75 Å². The molecule has 2 rings (SSSR count). The molecule has 0 spiro atoms. The van der Waals surface area contributed by atoms with Gasteiger partial charge in [-0.3, -0.25) is 0 Å². The van der Waals surface area contributed by atoms with Crippen molar-refractivity contribution in [2.45, 2.75) is 24.8 Å². The van der Waals surface area contributed by atoms with Crippen LogP contribution in [0.1, 0.15) is 24.1 Å². The molecule has 0 radical (unpaired) electrons. The summed E-state index contributed by atoms with van der Waals surface area (Å²) in [7, 11) is 1.73. The number of nitrogens with one attached hydrogen (secondary N) is 1. The average molecular weight is 301 g/mol. The van der Waals surface area contributed by atoms with Crippen LogP contribution in [0.5, 0.6) is 5.75 Å². The molecule has 2 nitrogen and oxygen atoms in total. The maximum absolute atomic E-state index is 5.49. The molecule has 1 unspecified atom stereocenters. The van der Waals surface area contributed by atoms with Gasteiger partial charge in [-0.1, -0.05) is 42.8 Å². The molecule has 0 aliphatic carbocycles. The third-order valence-corrected chi connectivity index (χ3v) is 4.46. The molecule has 2 aromatic rings. The van der Waals surface area contributed by atoms with E-state index in [1.165, 1.54) is 16.0 Å². The molecule has 0 fully saturated rings. The third kappa shape index (κ3) is 4.51. The lowest BCUT2D eigenvalue weighted by atomic mass is 10.1. The number of para-hydroxylation sites is 1. The first-order valence-corrected chi connectivity index (χ1v) is 8.29. The second kappa shape index (κ2) is 8.11. The first kappa shape index (κ1) is 15.9. The SMILES string of the molecule is CCNC(CSc1cccc(C)c1)c1ccccc1OC. The molecule has 112 valence electrons. The molecule has 0 amide bonds. The van der Waals surface area contributed by atoms with Crippen LogP contribution in [-0.4, -0.2) is 19.4 Å². The molecule has 0 aliphatic rings. The van der Waals surface area contributed by atoms with Crippen molar-refractivity contribution in [3.8, 4) is 5.75 Å². The van der Waals surface area contributed by atoms with Crippen molar-refractivity contribution >= 4 is 11.8 Å². The van der Waals surface area contributed by atoms with Crippen molar-refractivity contribution in [1.29, 1.82) is 0 Å². The van der Waals surface area contributed by atoms with E-state index in [4.69, 9.17) is 4.74 Å². The Labute approximate surface area is 131 Å². The van der Waals surface area contributed by atoms with Gasteiger partial charge in [0, 0.05) is 22.3 Å². The fourth-order valence-electron chi connectivity index (χ4n) is 2.34. The molecule has 0 saturated heterocycles. The molecule has 3 heteroatoms. The van der Waals surface area contributed by atoms with Gasteiger partial charge in [0.25, 0.3) is 0 Å². The second-order valence-corrected chi connectivity index (χ2v) is 6.07. The highest BCUT2D eigenvalue weighted by Crippen LogP contribution is 2.30. The Bertz CT molecular complexity index is 571. The first-order chi connectivity index (χ1) is 10.2. The van der Waals surface area contributed by atoms with Crippen LogP contribution in [0.4, 0.5) is 0 Å². The zero-order valence-electron chi connectivity index (χ0n) is 12.9. The number of thioether (sulfide) groups is 1. The van der Waals surface area contributed by atoms with E-state index >= 15 is 0 Å². The summed E-state index contributed by atoms with van der Waals surface area (Å²) in [6, 6.07) is 17.2. The Morgan fingerprint density at radius 1 is 1.14 bits per heavy atom. The van der Waals surface area contributed by atoms with E-state index in [0.717, 1.165) is 18.0 Å². The number of hydrogen-bond donors (Lipinski definition) is 1. The summed E-state index contributed by atoms with van der Waals surface area (Å²) in [4.78, 5) is 1.31. The summed E-state index contributed by atoms with van der Waals surface area (Å²) < 4.78 is 5.49.